The number of non-ortho nitro benzene ring substituents is 1. The fourth-order valence-corrected chi connectivity index (χ4v) is 0.589. The Morgan fingerprint density at radius 1 is 1.40 bits per heavy atom. The normalized spacial score (nSPS) is 9.80. The first-order chi connectivity index (χ1) is 7.11. The number of hydrogen-bond donors (Lipinski definition) is 1. The molecule has 1 aromatic carbocycles. The van der Waals surface area contributed by atoms with Crippen LogP contribution in [0.1, 0.15) is 0 Å². The number of hydrogen-bond acceptors (Lipinski definition) is 4. The Balaban J connectivity index is 0.000000288. The first kappa shape index (κ1) is 13.3. The monoisotopic (exact) mass is 272 g/mol. The van der Waals surface area contributed by atoms with Crippen LogP contribution in [-0.2, 0) is 4.79 Å². The highest BCUT2D eigenvalue weighted by Crippen LogP contribution is 2.06. The first-order valence-electron chi connectivity index (χ1n) is 3.83. The van der Waals surface area contributed by atoms with Crippen LogP contribution in [-0.4, -0.2) is 11.2 Å². The largest absolute Gasteiger partial charge is 0.404 e. The molecule has 5 nitrogen and oxygen atoms in total. The van der Waals surface area contributed by atoms with Gasteiger partial charge in [-0.2, -0.15) is 0 Å². The van der Waals surface area contributed by atoms with Crippen molar-refractivity contribution >= 4 is 27.9 Å². The predicted molar refractivity (Wildman–Crippen MR) is 60.4 cm³/mol. The van der Waals surface area contributed by atoms with E-state index >= 15 is 0 Å². The van der Waals surface area contributed by atoms with Crippen molar-refractivity contribution in [3.05, 3.63) is 51.1 Å². The molecule has 80 valence electrons. The molecule has 0 atom stereocenters. The second-order valence-electron chi connectivity index (χ2n) is 2.26. The van der Waals surface area contributed by atoms with Gasteiger partial charge in [0.15, 0.2) is 6.29 Å². The zero-order chi connectivity index (χ0) is 11.7. The molecule has 0 fully saturated rings. The minimum Gasteiger partial charge on any atom is -0.404 e. The van der Waals surface area contributed by atoms with Crippen molar-refractivity contribution in [2.45, 2.75) is 0 Å². The Morgan fingerprint density at radius 2 is 1.93 bits per heavy atom. The lowest BCUT2D eigenvalue weighted by Crippen LogP contribution is -1.84. The maximum absolute atomic E-state index is 10.0. The predicted octanol–water partition coefficient (Wildman–Crippen LogP) is 1.98. The molecule has 1 aromatic rings. The highest BCUT2D eigenvalue weighted by molar-refractivity contribution is 9.12. The molecule has 0 saturated heterocycles. The number of nitrogens with zero attached hydrogens (tertiary/aromatic N) is 1. The third kappa shape index (κ3) is 6.39. The molecule has 0 saturated carbocycles. The fourth-order valence-electron chi connectivity index (χ4n) is 0.589. The summed E-state index contributed by atoms with van der Waals surface area (Å²) in [4.78, 5) is 19.1. The van der Waals surface area contributed by atoms with E-state index in [-0.39, 0.29) is 5.69 Å². The molecule has 0 unspecified atom stereocenters. The van der Waals surface area contributed by atoms with Gasteiger partial charge < -0.3 is 5.73 Å². The van der Waals surface area contributed by atoms with E-state index in [1.807, 2.05) is 0 Å². The number of benzene rings is 1. The molecular formula is C9H9BrN2O3. The second kappa shape index (κ2) is 7.69. The van der Waals surface area contributed by atoms with Gasteiger partial charge in [-0.1, -0.05) is 18.2 Å². The maximum atomic E-state index is 10.0. The molecule has 0 aliphatic heterocycles. The number of halogens is 1. The van der Waals surface area contributed by atoms with E-state index in [1.165, 1.54) is 18.3 Å². The van der Waals surface area contributed by atoms with Crippen molar-refractivity contribution in [1.82, 2.24) is 0 Å². The lowest BCUT2D eigenvalue weighted by molar-refractivity contribution is -0.384. The fraction of sp³-hybridized carbons (Fsp3) is 0. The number of rotatable bonds is 2. The Bertz CT molecular complexity index is 352. The van der Waals surface area contributed by atoms with Crippen molar-refractivity contribution in [3.8, 4) is 0 Å². The first-order valence-corrected chi connectivity index (χ1v) is 4.63. The van der Waals surface area contributed by atoms with Crippen LogP contribution in [0.3, 0.4) is 0 Å². The highest BCUT2D eigenvalue weighted by Gasteiger charge is 1.98. The van der Waals surface area contributed by atoms with Gasteiger partial charge in [0.05, 0.1) is 9.41 Å². The second-order valence-corrected chi connectivity index (χ2v) is 3.18. The standard InChI is InChI=1S/C6H5NO2.C3H4BrNO/c8-7(9)6-4-2-1-3-5-6;4-3(1-5)2-6/h1-5H;1-2H,5H2/b;3-1-. The number of allylic oxidation sites excluding steroid dienone is 1. The van der Waals surface area contributed by atoms with Crippen LogP contribution in [0.15, 0.2) is 41.0 Å². The molecule has 1 rings (SSSR count). The van der Waals surface area contributed by atoms with Crippen LogP contribution in [0.25, 0.3) is 0 Å². The summed E-state index contributed by atoms with van der Waals surface area (Å²) in [5.41, 5.74) is 4.98. The molecule has 0 aromatic heterocycles. The zero-order valence-corrected chi connectivity index (χ0v) is 9.25. The van der Waals surface area contributed by atoms with E-state index in [1.54, 1.807) is 18.2 Å². The molecule has 0 radical (unpaired) electrons. The van der Waals surface area contributed by atoms with Gasteiger partial charge in [-0.25, -0.2) is 0 Å². The number of aldehydes is 1. The van der Waals surface area contributed by atoms with Crippen LogP contribution in [0, 0.1) is 10.1 Å². The van der Waals surface area contributed by atoms with E-state index < -0.39 is 4.92 Å². The van der Waals surface area contributed by atoms with Gasteiger partial charge in [-0.05, 0) is 15.9 Å². The number of nitro groups is 1. The average Bonchev–Trinajstić information content (AvgIpc) is 2.30. The maximum Gasteiger partial charge on any atom is 0.269 e. The zero-order valence-electron chi connectivity index (χ0n) is 7.67. The Labute approximate surface area is 94.9 Å². The SMILES string of the molecule is N/C=C(\Br)C=O.O=[N+]([O-])c1ccccc1. The number of nitrogens with two attached hydrogens (primary N) is 1. The Morgan fingerprint density at radius 3 is 2.13 bits per heavy atom. The molecule has 2 N–H and O–H groups in total. The van der Waals surface area contributed by atoms with Crippen molar-refractivity contribution in [3.63, 3.8) is 0 Å². The molecule has 0 aliphatic carbocycles. The topological polar surface area (TPSA) is 86.2 Å². The smallest absolute Gasteiger partial charge is 0.269 e. The van der Waals surface area contributed by atoms with E-state index in [0.29, 0.717) is 10.8 Å². The number of carbonyl (C=O) groups excluding carboxylic acids is 1. The van der Waals surface area contributed by atoms with Gasteiger partial charge in [-0.15, -0.1) is 0 Å². The van der Waals surface area contributed by atoms with Gasteiger partial charge in [0, 0.05) is 18.3 Å². The summed E-state index contributed by atoms with van der Waals surface area (Å²) < 4.78 is 0.377. The van der Waals surface area contributed by atoms with E-state index in [9.17, 15) is 14.9 Å². The van der Waals surface area contributed by atoms with Gasteiger partial charge in [0.2, 0.25) is 0 Å². The molecular weight excluding hydrogens is 264 g/mol. The van der Waals surface area contributed by atoms with Crippen molar-refractivity contribution in [2.75, 3.05) is 0 Å². The number of carbonyl (C=O) groups is 1. The highest BCUT2D eigenvalue weighted by atomic mass is 79.9. The molecule has 0 aliphatic rings. The molecule has 15 heavy (non-hydrogen) atoms. The average molecular weight is 273 g/mol. The van der Waals surface area contributed by atoms with E-state index in [4.69, 9.17) is 5.73 Å². The Hall–Kier alpha value is -1.69. The molecule has 0 heterocycles. The number of nitro benzene ring substituents is 1. The van der Waals surface area contributed by atoms with Gasteiger partial charge in [-0.3, -0.25) is 14.9 Å². The minimum atomic E-state index is -0.417. The van der Waals surface area contributed by atoms with Gasteiger partial charge >= 0.3 is 0 Å². The van der Waals surface area contributed by atoms with Crippen LogP contribution in [0.5, 0.6) is 0 Å². The van der Waals surface area contributed by atoms with Crippen molar-refractivity contribution < 1.29 is 9.72 Å². The molecule has 0 amide bonds. The lowest BCUT2D eigenvalue weighted by atomic mass is 10.3. The minimum absolute atomic E-state index is 0.137. The molecule has 6 heteroatoms. The summed E-state index contributed by atoms with van der Waals surface area (Å²) in [6, 6.07) is 7.93. The third-order valence-electron chi connectivity index (χ3n) is 1.24. The van der Waals surface area contributed by atoms with Crippen molar-refractivity contribution in [1.29, 1.82) is 0 Å². The third-order valence-corrected chi connectivity index (χ3v) is 1.69. The summed E-state index contributed by atoms with van der Waals surface area (Å²) in [6.45, 7) is 0. The van der Waals surface area contributed by atoms with E-state index in [2.05, 4.69) is 15.9 Å². The summed E-state index contributed by atoms with van der Waals surface area (Å²) in [5, 5.41) is 10.0. The number of para-hydroxylation sites is 1. The van der Waals surface area contributed by atoms with Crippen molar-refractivity contribution in [2.24, 2.45) is 5.73 Å². The lowest BCUT2D eigenvalue weighted by Gasteiger charge is -1.85. The molecule has 0 spiro atoms. The quantitative estimate of drug-likeness (QED) is 0.386. The van der Waals surface area contributed by atoms with Crippen LogP contribution >= 0.6 is 15.9 Å². The van der Waals surface area contributed by atoms with E-state index in [0.717, 1.165) is 0 Å². The Kier molecular flexibility index (Phi) is 6.82. The van der Waals surface area contributed by atoms with Gasteiger partial charge in [0.25, 0.3) is 5.69 Å². The summed E-state index contributed by atoms with van der Waals surface area (Å²) in [5.74, 6) is 0. The summed E-state index contributed by atoms with van der Waals surface area (Å²) >= 11 is 2.84. The molecule has 0 bridgehead atoms. The summed E-state index contributed by atoms with van der Waals surface area (Å²) in [6.07, 6.45) is 1.81. The van der Waals surface area contributed by atoms with Crippen LogP contribution in [0.4, 0.5) is 5.69 Å². The summed E-state index contributed by atoms with van der Waals surface area (Å²) in [7, 11) is 0. The van der Waals surface area contributed by atoms with Gasteiger partial charge in [0.1, 0.15) is 0 Å². The van der Waals surface area contributed by atoms with Crippen LogP contribution < -0.4 is 5.73 Å². The van der Waals surface area contributed by atoms with Crippen LogP contribution in [0.2, 0.25) is 0 Å².